The largest absolute Gasteiger partial charge is 0.478 e. The highest BCUT2D eigenvalue weighted by Gasteiger charge is 2.16. The smallest absolute Gasteiger partial charge is 0.279 e. The van der Waals surface area contributed by atoms with E-state index in [0.717, 1.165) is 17.7 Å². The molecule has 0 fully saturated rings. The molecule has 2 aromatic rings. The second kappa shape index (κ2) is 8.98. The van der Waals surface area contributed by atoms with E-state index in [9.17, 15) is 9.18 Å². The molecule has 0 aliphatic heterocycles. The van der Waals surface area contributed by atoms with Crippen molar-refractivity contribution in [3.8, 4) is 5.75 Å². The Morgan fingerprint density at radius 1 is 1.16 bits per heavy atom. The van der Waals surface area contributed by atoms with Crippen LogP contribution in [0, 0.1) is 5.82 Å². The van der Waals surface area contributed by atoms with E-state index >= 15 is 0 Å². The second-order valence-corrected chi connectivity index (χ2v) is 5.68. The van der Waals surface area contributed by atoms with E-state index in [0.29, 0.717) is 0 Å². The summed E-state index contributed by atoms with van der Waals surface area (Å²) in [5.74, 6) is -0.984. The lowest BCUT2D eigenvalue weighted by molar-refractivity contribution is -0.127. The van der Waals surface area contributed by atoms with Gasteiger partial charge in [-0.3, -0.25) is 15.6 Å². The van der Waals surface area contributed by atoms with Crippen molar-refractivity contribution >= 4 is 28.9 Å². The van der Waals surface area contributed by atoms with Gasteiger partial charge in [-0.2, -0.15) is 0 Å². The van der Waals surface area contributed by atoms with Crippen molar-refractivity contribution < 1.29 is 13.9 Å². The van der Waals surface area contributed by atoms with E-state index in [1.54, 1.807) is 12.1 Å². The maximum atomic E-state index is 13.5. The van der Waals surface area contributed by atoms with Gasteiger partial charge in [-0.1, -0.05) is 37.3 Å². The van der Waals surface area contributed by atoms with Gasteiger partial charge >= 0.3 is 0 Å². The number of aryl methyl sites for hydroxylation is 1. The Hall–Kier alpha value is -2.67. The fourth-order valence-electron chi connectivity index (χ4n) is 2.11. The molecule has 0 aliphatic carbocycles. The number of para-hydroxylation sites is 2. The van der Waals surface area contributed by atoms with Gasteiger partial charge in [0.1, 0.15) is 0 Å². The number of nitrogens with one attached hydrogen (secondary N) is 3. The zero-order valence-electron chi connectivity index (χ0n) is 14.0. The molecule has 2 aromatic carbocycles. The summed E-state index contributed by atoms with van der Waals surface area (Å²) in [6, 6.07) is 13.6. The minimum Gasteiger partial charge on any atom is -0.478 e. The summed E-state index contributed by atoms with van der Waals surface area (Å²) in [5, 5.41) is 3.26. The van der Waals surface area contributed by atoms with Crippen LogP contribution < -0.4 is 20.9 Å². The fraction of sp³-hybridized carbons (Fsp3) is 0.222. The summed E-state index contributed by atoms with van der Waals surface area (Å²) in [5.41, 5.74) is 7.02. The van der Waals surface area contributed by atoms with Crippen LogP contribution in [0.5, 0.6) is 5.75 Å². The van der Waals surface area contributed by atoms with Crippen LogP contribution in [-0.4, -0.2) is 17.1 Å². The van der Waals surface area contributed by atoms with Crippen LogP contribution in [0.3, 0.4) is 0 Å². The van der Waals surface area contributed by atoms with Crippen molar-refractivity contribution in [2.75, 3.05) is 5.32 Å². The van der Waals surface area contributed by atoms with Crippen LogP contribution in [0.1, 0.15) is 19.4 Å². The Labute approximate surface area is 151 Å². The van der Waals surface area contributed by atoms with Gasteiger partial charge in [0.05, 0.1) is 0 Å². The van der Waals surface area contributed by atoms with E-state index in [1.807, 2.05) is 31.2 Å². The predicted octanol–water partition coefficient (Wildman–Crippen LogP) is 3.17. The first-order valence-corrected chi connectivity index (χ1v) is 8.28. The van der Waals surface area contributed by atoms with Crippen molar-refractivity contribution in [3.05, 3.63) is 59.9 Å². The predicted molar refractivity (Wildman–Crippen MR) is 99.8 cm³/mol. The Kier molecular flexibility index (Phi) is 6.71. The summed E-state index contributed by atoms with van der Waals surface area (Å²) in [4.78, 5) is 12.0. The highest BCUT2D eigenvalue weighted by atomic mass is 32.1. The van der Waals surface area contributed by atoms with E-state index in [1.165, 1.54) is 19.1 Å². The summed E-state index contributed by atoms with van der Waals surface area (Å²) >= 11 is 5.16. The zero-order valence-corrected chi connectivity index (χ0v) is 14.8. The van der Waals surface area contributed by atoms with Crippen molar-refractivity contribution in [2.45, 2.75) is 26.4 Å². The number of thiocarbonyl (C=S) groups is 1. The van der Waals surface area contributed by atoms with Gasteiger partial charge in [-0.25, -0.2) is 4.39 Å². The number of carbonyl (C=O) groups excluding carboxylic acids is 1. The number of anilines is 1. The van der Waals surface area contributed by atoms with Gasteiger partial charge in [-0.05, 0) is 49.3 Å². The summed E-state index contributed by atoms with van der Waals surface area (Å²) in [7, 11) is 0. The number of carbonyl (C=O) groups is 1. The first-order valence-electron chi connectivity index (χ1n) is 7.87. The molecule has 0 saturated heterocycles. The SMILES string of the molecule is CCc1ccccc1NC(=S)NNC(=O)[C@@H](C)Oc1ccccc1F. The maximum absolute atomic E-state index is 13.5. The highest BCUT2D eigenvalue weighted by Crippen LogP contribution is 2.17. The number of ether oxygens (including phenoxy) is 1. The molecule has 0 aliphatic rings. The number of benzene rings is 2. The fourth-order valence-corrected chi connectivity index (χ4v) is 2.27. The number of rotatable bonds is 5. The van der Waals surface area contributed by atoms with Crippen molar-refractivity contribution in [2.24, 2.45) is 0 Å². The first kappa shape index (κ1) is 18.7. The second-order valence-electron chi connectivity index (χ2n) is 5.27. The third-order valence-corrected chi connectivity index (χ3v) is 3.66. The normalized spacial score (nSPS) is 11.3. The van der Waals surface area contributed by atoms with E-state index in [-0.39, 0.29) is 10.9 Å². The van der Waals surface area contributed by atoms with Crippen molar-refractivity contribution in [3.63, 3.8) is 0 Å². The molecule has 5 nitrogen and oxygen atoms in total. The molecule has 0 bridgehead atoms. The van der Waals surface area contributed by atoms with Gasteiger partial charge in [0.25, 0.3) is 5.91 Å². The molecule has 0 aromatic heterocycles. The molecule has 0 saturated carbocycles. The highest BCUT2D eigenvalue weighted by molar-refractivity contribution is 7.80. The van der Waals surface area contributed by atoms with Crippen LogP contribution in [0.4, 0.5) is 10.1 Å². The average molecular weight is 361 g/mol. The molecule has 0 unspecified atom stereocenters. The van der Waals surface area contributed by atoms with E-state index in [4.69, 9.17) is 17.0 Å². The van der Waals surface area contributed by atoms with Gasteiger partial charge < -0.3 is 10.1 Å². The monoisotopic (exact) mass is 361 g/mol. The Balaban J connectivity index is 1.84. The van der Waals surface area contributed by atoms with Crippen LogP contribution in [-0.2, 0) is 11.2 Å². The summed E-state index contributed by atoms with van der Waals surface area (Å²) in [6.45, 7) is 3.56. The number of hydrogen-bond donors (Lipinski definition) is 3. The zero-order chi connectivity index (χ0) is 18.2. The van der Waals surface area contributed by atoms with Crippen molar-refractivity contribution in [1.29, 1.82) is 0 Å². The van der Waals surface area contributed by atoms with Crippen LogP contribution in [0.2, 0.25) is 0 Å². The molecular formula is C18H20FN3O2S. The molecule has 7 heteroatoms. The van der Waals surface area contributed by atoms with Crippen molar-refractivity contribution in [1.82, 2.24) is 10.9 Å². The molecule has 2 rings (SSSR count). The maximum Gasteiger partial charge on any atom is 0.279 e. The summed E-state index contributed by atoms with van der Waals surface area (Å²) in [6.07, 6.45) is -0.0406. The lowest BCUT2D eigenvalue weighted by atomic mass is 10.1. The third kappa shape index (κ3) is 5.42. The number of amides is 1. The van der Waals surface area contributed by atoms with Gasteiger partial charge in [0.15, 0.2) is 22.8 Å². The third-order valence-electron chi connectivity index (χ3n) is 3.46. The Morgan fingerprint density at radius 2 is 1.84 bits per heavy atom. The van der Waals surface area contributed by atoms with Gasteiger partial charge in [0, 0.05) is 5.69 Å². The molecule has 132 valence electrons. The molecule has 0 heterocycles. The van der Waals surface area contributed by atoms with Crippen LogP contribution in [0.25, 0.3) is 0 Å². The summed E-state index contributed by atoms with van der Waals surface area (Å²) < 4.78 is 18.8. The molecule has 25 heavy (non-hydrogen) atoms. The molecule has 0 spiro atoms. The van der Waals surface area contributed by atoms with Crippen LogP contribution >= 0.6 is 12.2 Å². The molecule has 1 amide bonds. The quantitative estimate of drug-likeness (QED) is 0.564. The topological polar surface area (TPSA) is 62.4 Å². The van der Waals surface area contributed by atoms with Gasteiger partial charge in [-0.15, -0.1) is 0 Å². The van der Waals surface area contributed by atoms with Gasteiger partial charge in [0.2, 0.25) is 0 Å². The minimum atomic E-state index is -0.893. The molecule has 3 N–H and O–H groups in total. The number of hydrogen-bond acceptors (Lipinski definition) is 3. The van der Waals surface area contributed by atoms with E-state index < -0.39 is 17.8 Å². The number of hydrazine groups is 1. The number of halogens is 1. The molecule has 0 radical (unpaired) electrons. The standard InChI is InChI=1S/C18H20FN3O2S/c1-3-13-8-4-6-10-15(13)20-18(25)22-21-17(23)12(2)24-16-11-7-5-9-14(16)19/h4-12H,3H2,1-2H3,(H,21,23)(H2,20,22,25)/t12-/m1/s1. The Bertz CT molecular complexity index is 755. The lowest BCUT2D eigenvalue weighted by Crippen LogP contribution is -2.48. The van der Waals surface area contributed by atoms with Crippen LogP contribution in [0.15, 0.2) is 48.5 Å². The van der Waals surface area contributed by atoms with E-state index in [2.05, 4.69) is 16.2 Å². The average Bonchev–Trinajstić information content (AvgIpc) is 2.62. The minimum absolute atomic E-state index is 0.0164. The first-order chi connectivity index (χ1) is 12.0. The molecular weight excluding hydrogens is 341 g/mol. The molecule has 1 atom stereocenters. The Morgan fingerprint density at radius 3 is 2.56 bits per heavy atom. The lowest BCUT2D eigenvalue weighted by Gasteiger charge is -2.17.